The van der Waals surface area contributed by atoms with Crippen molar-refractivity contribution in [3.05, 3.63) is 23.8 Å². The van der Waals surface area contributed by atoms with Crippen molar-refractivity contribution in [3.63, 3.8) is 0 Å². The number of hydrogen-bond acceptors (Lipinski definition) is 4. The Balaban J connectivity index is 1.49. The molecule has 5 heteroatoms. The summed E-state index contributed by atoms with van der Waals surface area (Å²) in [6.07, 6.45) is 7.75. The van der Waals surface area contributed by atoms with Crippen molar-refractivity contribution in [2.45, 2.75) is 57.6 Å². The molecule has 0 aromatic heterocycles. The van der Waals surface area contributed by atoms with E-state index in [0.29, 0.717) is 25.0 Å². The highest BCUT2D eigenvalue weighted by atomic mass is 16.5. The summed E-state index contributed by atoms with van der Waals surface area (Å²) in [5.74, 6) is 2.33. The summed E-state index contributed by atoms with van der Waals surface area (Å²) in [5, 5.41) is 6.37. The van der Waals surface area contributed by atoms with Crippen molar-refractivity contribution in [3.8, 4) is 11.5 Å². The molecule has 1 aromatic rings. The van der Waals surface area contributed by atoms with Gasteiger partial charge in [-0.15, -0.1) is 0 Å². The summed E-state index contributed by atoms with van der Waals surface area (Å²) >= 11 is 0. The number of benzene rings is 1. The Morgan fingerprint density at radius 2 is 2.08 bits per heavy atom. The van der Waals surface area contributed by atoms with Crippen LogP contribution in [0.3, 0.4) is 0 Å². The zero-order valence-corrected chi connectivity index (χ0v) is 15.2. The van der Waals surface area contributed by atoms with Crippen molar-refractivity contribution in [2.24, 2.45) is 5.92 Å². The molecule has 0 radical (unpaired) electrons. The van der Waals surface area contributed by atoms with E-state index in [1.807, 2.05) is 18.2 Å². The Labute approximate surface area is 150 Å². The first-order valence-electron chi connectivity index (χ1n) is 9.55. The molecule has 1 atom stereocenters. The second-order valence-electron chi connectivity index (χ2n) is 7.18. The van der Waals surface area contributed by atoms with Crippen LogP contribution in [0.5, 0.6) is 11.5 Å². The lowest BCUT2D eigenvalue weighted by atomic mass is 10.0. The largest absolute Gasteiger partial charge is 0.493 e. The van der Waals surface area contributed by atoms with Crippen LogP contribution in [0, 0.1) is 5.92 Å². The van der Waals surface area contributed by atoms with Gasteiger partial charge in [-0.1, -0.05) is 6.07 Å². The lowest BCUT2D eigenvalue weighted by Crippen LogP contribution is -2.23. The first-order chi connectivity index (χ1) is 12.2. The molecule has 5 nitrogen and oxygen atoms in total. The van der Waals surface area contributed by atoms with E-state index in [1.165, 1.54) is 19.3 Å². The standard InChI is InChI=1S/C20H30N2O3/c1-24-18-8-6-16(12-19(18)25-17-4-2-3-5-17)14-22-20(23)9-7-15-10-11-21-13-15/h6,8,12,15,17,21H,2-5,7,9-11,13-14H2,1H3,(H,22,23). The van der Waals surface area contributed by atoms with E-state index in [9.17, 15) is 4.79 Å². The molecule has 25 heavy (non-hydrogen) atoms. The summed E-state index contributed by atoms with van der Waals surface area (Å²) < 4.78 is 11.5. The van der Waals surface area contributed by atoms with Crippen molar-refractivity contribution >= 4 is 5.91 Å². The van der Waals surface area contributed by atoms with Crippen LogP contribution in [0.4, 0.5) is 0 Å². The molecule has 1 unspecified atom stereocenters. The topological polar surface area (TPSA) is 59.6 Å². The SMILES string of the molecule is COc1ccc(CNC(=O)CCC2CCNC2)cc1OC1CCCC1. The first-order valence-corrected chi connectivity index (χ1v) is 9.55. The normalized spacial score (nSPS) is 20.6. The van der Waals surface area contributed by atoms with Gasteiger partial charge in [0.15, 0.2) is 11.5 Å². The third-order valence-corrected chi connectivity index (χ3v) is 5.26. The van der Waals surface area contributed by atoms with Gasteiger partial charge in [-0.05, 0) is 75.2 Å². The first kappa shape index (κ1) is 18.1. The minimum absolute atomic E-state index is 0.126. The Bertz CT molecular complexity index is 564. The van der Waals surface area contributed by atoms with Crippen LogP contribution >= 0.6 is 0 Å². The van der Waals surface area contributed by atoms with E-state index >= 15 is 0 Å². The number of amides is 1. The molecule has 138 valence electrons. The van der Waals surface area contributed by atoms with Crippen LogP contribution in [0.15, 0.2) is 18.2 Å². The fourth-order valence-corrected chi connectivity index (χ4v) is 3.69. The van der Waals surface area contributed by atoms with Crippen LogP contribution in [0.1, 0.15) is 50.5 Å². The van der Waals surface area contributed by atoms with Crippen LogP contribution in [0.25, 0.3) is 0 Å². The highest BCUT2D eigenvalue weighted by molar-refractivity contribution is 5.75. The number of rotatable bonds is 8. The molecule has 1 saturated carbocycles. The van der Waals surface area contributed by atoms with Gasteiger partial charge in [0.2, 0.25) is 5.91 Å². The van der Waals surface area contributed by atoms with Crippen molar-refractivity contribution < 1.29 is 14.3 Å². The lowest BCUT2D eigenvalue weighted by Gasteiger charge is -2.17. The number of methoxy groups -OCH3 is 1. The minimum Gasteiger partial charge on any atom is -0.493 e. The van der Waals surface area contributed by atoms with Gasteiger partial charge in [-0.25, -0.2) is 0 Å². The Hall–Kier alpha value is -1.75. The number of nitrogens with one attached hydrogen (secondary N) is 2. The zero-order valence-electron chi connectivity index (χ0n) is 15.2. The number of hydrogen-bond donors (Lipinski definition) is 2. The monoisotopic (exact) mass is 346 g/mol. The van der Waals surface area contributed by atoms with Gasteiger partial charge < -0.3 is 20.1 Å². The van der Waals surface area contributed by atoms with Crippen molar-refractivity contribution in [2.75, 3.05) is 20.2 Å². The quantitative estimate of drug-likeness (QED) is 0.760. The fourth-order valence-electron chi connectivity index (χ4n) is 3.69. The lowest BCUT2D eigenvalue weighted by molar-refractivity contribution is -0.121. The van der Waals surface area contributed by atoms with E-state index < -0.39 is 0 Å². The smallest absolute Gasteiger partial charge is 0.220 e. The van der Waals surface area contributed by atoms with Gasteiger partial charge >= 0.3 is 0 Å². The van der Waals surface area contributed by atoms with E-state index in [4.69, 9.17) is 9.47 Å². The van der Waals surface area contributed by atoms with Crippen LogP contribution in [-0.4, -0.2) is 32.2 Å². The molecule has 0 spiro atoms. The van der Waals surface area contributed by atoms with Gasteiger partial charge in [0.05, 0.1) is 13.2 Å². The molecule has 1 amide bonds. The predicted molar refractivity (Wildman–Crippen MR) is 97.9 cm³/mol. The van der Waals surface area contributed by atoms with E-state index in [1.54, 1.807) is 7.11 Å². The van der Waals surface area contributed by atoms with Crippen molar-refractivity contribution in [1.82, 2.24) is 10.6 Å². The molecular weight excluding hydrogens is 316 g/mol. The molecule has 1 aliphatic heterocycles. The molecule has 1 aromatic carbocycles. The highest BCUT2D eigenvalue weighted by Gasteiger charge is 2.19. The second-order valence-corrected chi connectivity index (χ2v) is 7.18. The van der Waals surface area contributed by atoms with E-state index in [0.717, 1.165) is 49.4 Å². The molecule has 3 rings (SSSR count). The van der Waals surface area contributed by atoms with Gasteiger partial charge in [-0.2, -0.15) is 0 Å². The van der Waals surface area contributed by atoms with Gasteiger partial charge in [-0.3, -0.25) is 4.79 Å². The van der Waals surface area contributed by atoms with Crippen LogP contribution < -0.4 is 20.1 Å². The zero-order chi connectivity index (χ0) is 17.5. The van der Waals surface area contributed by atoms with Crippen LogP contribution in [-0.2, 0) is 11.3 Å². The van der Waals surface area contributed by atoms with Gasteiger partial charge in [0, 0.05) is 13.0 Å². The molecule has 2 fully saturated rings. The minimum atomic E-state index is 0.126. The number of carbonyl (C=O) groups is 1. The van der Waals surface area contributed by atoms with Crippen LogP contribution in [0.2, 0.25) is 0 Å². The molecule has 1 heterocycles. The number of ether oxygens (including phenoxy) is 2. The number of carbonyl (C=O) groups excluding carboxylic acids is 1. The maximum Gasteiger partial charge on any atom is 0.220 e. The second kappa shape index (κ2) is 9.09. The molecule has 2 aliphatic rings. The Kier molecular flexibility index (Phi) is 6.56. The fraction of sp³-hybridized carbons (Fsp3) is 0.650. The molecule has 1 saturated heterocycles. The highest BCUT2D eigenvalue weighted by Crippen LogP contribution is 2.32. The third-order valence-electron chi connectivity index (χ3n) is 5.26. The average Bonchev–Trinajstić information content (AvgIpc) is 3.32. The average molecular weight is 346 g/mol. The summed E-state index contributed by atoms with van der Waals surface area (Å²) in [5.41, 5.74) is 1.05. The summed E-state index contributed by atoms with van der Waals surface area (Å²) in [6, 6.07) is 5.91. The third kappa shape index (κ3) is 5.36. The summed E-state index contributed by atoms with van der Waals surface area (Å²) in [4.78, 5) is 12.1. The molecule has 1 aliphatic carbocycles. The summed E-state index contributed by atoms with van der Waals surface area (Å²) in [7, 11) is 1.66. The molecular formula is C20H30N2O3. The van der Waals surface area contributed by atoms with E-state index in [-0.39, 0.29) is 5.91 Å². The maximum atomic E-state index is 12.1. The van der Waals surface area contributed by atoms with Gasteiger partial charge in [0.1, 0.15) is 0 Å². The summed E-state index contributed by atoms with van der Waals surface area (Å²) in [6.45, 7) is 2.67. The predicted octanol–water partition coefficient (Wildman–Crippen LogP) is 3.02. The van der Waals surface area contributed by atoms with E-state index in [2.05, 4.69) is 10.6 Å². The Morgan fingerprint density at radius 1 is 1.24 bits per heavy atom. The van der Waals surface area contributed by atoms with Gasteiger partial charge in [0.25, 0.3) is 0 Å². The molecule has 0 bridgehead atoms. The van der Waals surface area contributed by atoms with Crippen molar-refractivity contribution in [1.29, 1.82) is 0 Å². The maximum absolute atomic E-state index is 12.1. The molecule has 2 N–H and O–H groups in total. The Morgan fingerprint density at radius 3 is 2.80 bits per heavy atom.